The Morgan fingerprint density at radius 2 is 2.29 bits per heavy atom. The predicted octanol–water partition coefficient (Wildman–Crippen LogP) is 2.69. The van der Waals surface area contributed by atoms with Gasteiger partial charge in [-0.25, -0.2) is 0 Å². The van der Waals surface area contributed by atoms with E-state index in [1.54, 1.807) is 17.1 Å². The lowest BCUT2D eigenvalue weighted by atomic mass is 9.75. The van der Waals surface area contributed by atoms with Gasteiger partial charge in [-0.3, -0.25) is 9.48 Å². The minimum absolute atomic E-state index is 0.0922. The number of amides is 1. The highest BCUT2D eigenvalue weighted by atomic mass is 35.5. The highest BCUT2D eigenvalue weighted by molar-refractivity contribution is 6.35. The molecule has 1 aliphatic carbocycles. The summed E-state index contributed by atoms with van der Waals surface area (Å²) in [4.78, 5) is 23.5. The molecule has 0 spiro atoms. The Labute approximate surface area is 166 Å². The van der Waals surface area contributed by atoms with E-state index in [-0.39, 0.29) is 17.6 Å². The molecule has 10 heteroatoms. The van der Waals surface area contributed by atoms with E-state index in [2.05, 4.69) is 37.3 Å². The van der Waals surface area contributed by atoms with Crippen LogP contribution in [0.3, 0.4) is 0 Å². The maximum Gasteiger partial charge on any atom is 0.243 e. The summed E-state index contributed by atoms with van der Waals surface area (Å²) in [6, 6.07) is 0. The Balaban J connectivity index is 1.55. The number of aromatic amines is 1. The molecular formula is C18H20ClN7O2. The van der Waals surface area contributed by atoms with Crippen LogP contribution in [0.5, 0.6) is 5.88 Å². The number of hydrogen-bond donors (Lipinski definition) is 3. The van der Waals surface area contributed by atoms with E-state index in [1.165, 1.54) is 6.08 Å². The van der Waals surface area contributed by atoms with Crippen LogP contribution in [0, 0.1) is 0 Å². The Bertz CT molecular complexity index is 1050. The molecule has 28 heavy (non-hydrogen) atoms. The molecule has 1 saturated carbocycles. The lowest BCUT2D eigenvalue weighted by Crippen LogP contribution is -2.58. The second kappa shape index (κ2) is 6.83. The SMILES string of the molecule is C=CC(=O)N[C@]1(C)C[C@H](Oc2nc(Nc3cnn(C)c3)nc3[nH]cc(Cl)c23)C1. The Hall–Kier alpha value is -3.07. The van der Waals surface area contributed by atoms with E-state index in [1.807, 2.05) is 20.2 Å². The Morgan fingerprint density at radius 3 is 2.96 bits per heavy atom. The van der Waals surface area contributed by atoms with Gasteiger partial charge in [0.1, 0.15) is 11.8 Å². The molecule has 0 radical (unpaired) electrons. The van der Waals surface area contributed by atoms with Crippen molar-refractivity contribution in [1.29, 1.82) is 0 Å². The first-order chi connectivity index (χ1) is 13.3. The third-order valence-electron chi connectivity index (χ3n) is 4.66. The van der Waals surface area contributed by atoms with Gasteiger partial charge in [0.15, 0.2) is 0 Å². The van der Waals surface area contributed by atoms with Gasteiger partial charge in [0.2, 0.25) is 17.7 Å². The fourth-order valence-corrected chi connectivity index (χ4v) is 3.58. The van der Waals surface area contributed by atoms with Crippen molar-refractivity contribution in [2.24, 2.45) is 7.05 Å². The number of ether oxygens (including phenoxy) is 1. The summed E-state index contributed by atoms with van der Waals surface area (Å²) in [7, 11) is 1.83. The van der Waals surface area contributed by atoms with Crippen LogP contribution < -0.4 is 15.4 Å². The molecule has 146 valence electrons. The molecule has 3 heterocycles. The van der Waals surface area contributed by atoms with Crippen LogP contribution >= 0.6 is 11.6 Å². The van der Waals surface area contributed by atoms with Crippen molar-refractivity contribution >= 4 is 40.2 Å². The molecule has 0 saturated heterocycles. The standard InChI is InChI=1S/C18H20ClN7O2/c1-4-13(27)25-18(2)5-11(6-18)28-16-14-12(19)8-20-15(14)23-17(24-16)22-10-7-21-26(3)9-10/h4,7-9,11H,1,5-6H2,2-3H3,(H,25,27)(H2,20,22,23,24)/t11-,18+. The first kappa shape index (κ1) is 18.3. The van der Waals surface area contributed by atoms with Crippen LogP contribution in [-0.4, -0.2) is 42.3 Å². The van der Waals surface area contributed by atoms with Gasteiger partial charge in [0, 0.05) is 37.8 Å². The number of carbonyl (C=O) groups excluding carboxylic acids is 1. The van der Waals surface area contributed by atoms with E-state index in [4.69, 9.17) is 16.3 Å². The monoisotopic (exact) mass is 401 g/mol. The highest BCUT2D eigenvalue weighted by Gasteiger charge is 2.43. The molecule has 0 atom stereocenters. The van der Waals surface area contributed by atoms with Crippen LogP contribution in [0.25, 0.3) is 11.0 Å². The van der Waals surface area contributed by atoms with E-state index in [9.17, 15) is 4.79 Å². The zero-order valence-corrected chi connectivity index (χ0v) is 16.2. The lowest BCUT2D eigenvalue weighted by Gasteiger charge is -2.44. The maximum absolute atomic E-state index is 11.6. The molecule has 0 aliphatic heterocycles. The minimum Gasteiger partial charge on any atom is -0.474 e. The Kier molecular flexibility index (Phi) is 4.46. The average molecular weight is 402 g/mol. The summed E-state index contributed by atoms with van der Waals surface area (Å²) in [6.45, 7) is 5.46. The number of fused-ring (bicyclic) bond motifs is 1. The summed E-state index contributed by atoms with van der Waals surface area (Å²) >= 11 is 6.29. The second-order valence-electron chi connectivity index (χ2n) is 7.14. The molecule has 1 fully saturated rings. The second-order valence-corrected chi connectivity index (χ2v) is 7.55. The molecule has 3 N–H and O–H groups in total. The van der Waals surface area contributed by atoms with Crippen LogP contribution in [0.2, 0.25) is 5.02 Å². The van der Waals surface area contributed by atoms with Crippen LogP contribution in [-0.2, 0) is 11.8 Å². The number of carbonyl (C=O) groups is 1. The fourth-order valence-electron chi connectivity index (χ4n) is 3.36. The van der Waals surface area contributed by atoms with Gasteiger partial charge in [-0.2, -0.15) is 15.1 Å². The number of nitrogens with zero attached hydrogens (tertiary/aromatic N) is 4. The van der Waals surface area contributed by atoms with Gasteiger partial charge >= 0.3 is 0 Å². The molecule has 1 amide bonds. The molecular weight excluding hydrogens is 382 g/mol. The molecule has 4 rings (SSSR count). The van der Waals surface area contributed by atoms with Crippen LogP contribution in [0.1, 0.15) is 19.8 Å². The quantitative estimate of drug-likeness (QED) is 0.548. The predicted molar refractivity (Wildman–Crippen MR) is 106 cm³/mol. The van der Waals surface area contributed by atoms with Gasteiger partial charge < -0.3 is 20.4 Å². The smallest absolute Gasteiger partial charge is 0.243 e. The summed E-state index contributed by atoms with van der Waals surface area (Å²) in [5, 5.41) is 11.3. The number of aromatic nitrogens is 5. The number of H-pyrrole nitrogens is 1. The van der Waals surface area contributed by atoms with Gasteiger partial charge in [-0.15, -0.1) is 0 Å². The Morgan fingerprint density at radius 1 is 1.50 bits per heavy atom. The summed E-state index contributed by atoms with van der Waals surface area (Å²) in [5.41, 5.74) is 1.01. The zero-order valence-electron chi connectivity index (χ0n) is 15.5. The number of nitrogens with one attached hydrogen (secondary N) is 3. The minimum atomic E-state index is -0.319. The summed E-state index contributed by atoms with van der Waals surface area (Å²) in [6.07, 6.45) is 7.63. The zero-order chi connectivity index (χ0) is 19.9. The lowest BCUT2D eigenvalue weighted by molar-refractivity contribution is -0.120. The first-order valence-electron chi connectivity index (χ1n) is 8.77. The highest BCUT2D eigenvalue weighted by Crippen LogP contribution is 2.38. The van der Waals surface area contributed by atoms with E-state index < -0.39 is 0 Å². The van der Waals surface area contributed by atoms with E-state index >= 15 is 0 Å². The van der Waals surface area contributed by atoms with Gasteiger partial charge in [0.25, 0.3) is 0 Å². The number of anilines is 2. The third-order valence-corrected chi connectivity index (χ3v) is 4.95. The van der Waals surface area contributed by atoms with Gasteiger partial charge in [-0.1, -0.05) is 18.2 Å². The number of aryl methyl sites for hydroxylation is 1. The van der Waals surface area contributed by atoms with Crippen molar-refractivity contribution < 1.29 is 9.53 Å². The largest absolute Gasteiger partial charge is 0.474 e. The molecule has 9 nitrogen and oxygen atoms in total. The number of rotatable bonds is 6. The van der Waals surface area contributed by atoms with Crippen molar-refractivity contribution in [2.45, 2.75) is 31.4 Å². The summed E-state index contributed by atoms with van der Waals surface area (Å²) < 4.78 is 7.78. The van der Waals surface area contributed by atoms with E-state index in [0.717, 1.165) is 5.69 Å². The van der Waals surface area contributed by atoms with Crippen molar-refractivity contribution in [2.75, 3.05) is 5.32 Å². The maximum atomic E-state index is 11.6. The van der Waals surface area contributed by atoms with E-state index in [0.29, 0.717) is 40.7 Å². The van der Waals surface area contributed by atoms with Crippen molar-refractivity contribution in [3.63, 3.8) is 0 Å². The average Bonchev–Trinajstić information content (AvgIpc) is 3.19. The van der Waals surface area contributed by atoms with Crippen LogP contribution in [0.4, 0.5) is 11.6 Å². The van der Waals surface area contributed by atoms with Crippen molar-refractivity contribution in [3.05, 3.63) is 36.3 Å². The van der Waals surface area contributed by atoms with Crippen LogP contribution in [0.15, 0.2) is 31.2 Å². The number of halogens is 1. The molecule has 0 unspecified atom stereocenters. The fraction of sp³-hybridized carbons (Fsp3) is 0.333. The number of hydrogen-bond acceptors (Lipinski definition) is 6. The first-order valence-corrected chi connectivity index (χ1v) is 9.14. The van der Waals surface area contributed by atoms with Gasteiger partial charge in [0.05, 0.1) is 22.3 Å². The molecule has 0 bridgehead atoms. The molecule has 3 aromatic heterocycles. The summed E-state index contributed by atoms with van der Waals surface area (Å²) in [5.74, 6) is 0.572. The molecule has 0 aromatic carbocycles. The van der Waals surface area contributed by atoms with Crippen molar-refractivity contribution in [3.8, 4) is 5.88 Å². The van der Waals surface area contributed by atoms with Gasteiger partial charge in [-0.05, 0) is 13.0 Å². The molecule has 3 aromatic rings. The molecule has 1 aliphatic rings. The third kappa shape index (κ3) is 3.53. The topological polar surface area (TPSA) is 110 Å². The van der Waals surface area contributed by atoms with Crippen molar-refractivity contribution in [1.82, 2.24) is 30.0 Å². The normalized spacial score (nSPS) is 21.2.